The molecule has 7 nitrogen and oxygen atoms in total. The summed E-state index contributed by atoms with van der Waals surface area (Å²) in [6.07, 6.45) is 0.777. The zero-order chi connectivity index (χ0) is 23.5. The summed E-state index contributed by atoms with van der Waals surface area (Å²) in [5, 5.41) is 12.9. The highest BCUT2D eigenvalue weighted by molar-refractivity contribution is 6.00. The minimum atomic E-state index is -0.519. The summed E-state index contributed by atoms with van der Waals surface area (Å²) in [7, 11) is 3.80. The van der Waals surface area contributed by atoms with Crippen molar-refractivity contribution in [3.8, 4) is 11.1 Å². The van der Waals surface area contributed by atoms with Gasteiger partial charge < -0.3 is 25.2 Å². The summed E-state index contributed by atoms with van der Waals surface area (Å²) in [4.78, 5) is 30.8. The molecule has 1 aromatic heterocycles. The van der Waals surface area contributed by atoms with E-state index >= 15 is 0 Å². The Morgan fingerprint density at radius 2 is 1.94 bits per heavy atom. The van der Waals surface area contributed by atoms with Gasteiger partial charge in [-0.05, 0) is 54.4 Å². The molecule has 3 N–H and O–H groups in total. The van der Waals surface area contributed by atoms with Crippen molar-refractivity contribution in [2.75, 3.05) is 32.5 Å². The lowest BCUT2D eigenvalue weighted by Crippen LogP contribution is -2.34. The van der Waals surface area contributed by atoms with E-state index in [4.69, 9.17) is 0 Å². The number of aliphatic hydroxyl groups is 1. The molecule has 0 bridgehead atoms. The summed E-state index contributed by atoms with van der Waals surface area (Å²) in [6, 6.07) is 16.3. The van der Waals surface area contributed by atoms with E-state index in [1.165, 1.54) is 5.56 Å². The first-order valence-corrected chi connectivity index (χ1v) is 11.1. The number of nitrogens with one attached hydrogen (secondary N) is 2. The van der Waals surface area contributed by atoms with Gasteiger partial charge >= 0.3 is 0 Å². The highest BCUT2D eigenvalue weighted by Gasteiger charge is 2.20. The molecule has 33 heavy (non-hydrogen) atoms. The van der Waals surface area contributed by atoms with Crippen molar-refractivity contribution in [3.05, 3.63) is 76.6 Å². The molecule has 1 amide bonds. The second-order valence-electron chi connectivity index (χ2n) is 8.76. The van der Waals surface area contributed by atoms with Gasteiger partial charge in [-0.3, -0.25) is 9.59 Å². The van der Waals surface area contributed by atoms with Crippen LogP contribution >= 0.6 is 0 Å². The van der Waals surface area contributed by atoms with Crippen LogP contribution in [0.2, 0.25) is 0 Å². The van der Waals surface area contributed by atoms with E-state index < -0.39 is 6.23 Å². The Hall–Kier alpha value is -3.42. The standard InChI is InChI=1S/C26H30N4O3/c1-17-12-22(24(16-31)27-17)26(33)30(3)11-10-29(2)15-19-6-4-5-7-21(19)18-8-9-23-20(13-18)14-25(32)28-23/h4-9,12-13,16,25,27-28,32H,10-11,14-15H2,1-3H3. The first-order valence-electron chi connectivity index (χ1n) is 11.1. The average Bonchev–Trinajstić information content (AvgIpc) is 3.37. The van der Waals surface area contributed by atoms with Crippen LogP contribution in [0.4, 0.5) is 5.69 Å². The van der Waals surface area contributed by atoms with E-state index in [2.05, 4.69) is 39.5 Å². The number of likely N-dealkylation sites (N-methyl/N-ethyl adjacent to an activating group) is 2. The number of fused-ring (bicyclic) bond motifs is 1. The maximum absolute atomic E-state index is 12.8. The number of H-pyrrole nitrogens is 1. The normalized spacial score (nSPS) is 14.8. The molecule has 0 fully saturated rings. The van der Waals surface area contributed by atoms with Crippen LogP contribution in [0, 0.1) is 6.92 Å². The van der Waals surface area contributed by atoms with Crippen LogP contribution in [0.25, 0.3) is 11.1 Å². The van der Waals surface area contributed by atoms with Crippen molar-refractivity contribution in [2.24, 2.45) is 0 Å². The fourth-order valence-electron chi connectivity index (χ4n) is 4.33. The van der Waals surface area contributed by atoms with Gasteiger partial charge in [0.2, 0.25) is 0 Å². The molecule has 1 unspecified atom stereocenters. The van der Waals surface area contributed by atoms with Gasteiger partial charge in [0.25, 0.3) is 5.91 Å². The van der Waals surface area contributed by atoms with Gasteiger partial charge in [0, 0.05) is 44.5 Å². The van der Waals surface area contributed by atoms with Crippen LogP contribution in [0.5, 0.6) is 0 Å². The molecule has 172 valence electrons. The average molecular weight is 447 g/mol. The summed E-state index contributed by atoms with van der Waals surface area (Å²) >= 11 is 0. The molecule has 1 aliphatic rings. The molecule has 7 heteroatoms. The minimum absolute atomic E-state index is 0.163. The number of aryl methyl sites for hydroxylation is 1. The van der Waals surface area contributed by atoms with Crippen LogP contribution in [0.1, 0.15) is 37.7 Å². The van der Waals surface area contributed by atoms with Crippen molar-refractivity contribution < 1.29 is 14.7 Å². The van der Waals surface area contributed by atoms with Gasteiger partial charge in [-0.25, -0.2) is 0 Å². The number of hydrogen-bond donors (Lipinski definition) is 3. The Balaban J connectivity index is 1.41. The number of anilines is 1. The van der Waals surface area contributed by atoms with E-state index in [0.29, 0.717) is 37.1 Å². The first kappa shape index (κ1) is 22.8. The van der Waals surface area contributed by atoms with Gasteiger partial charge in [-0.2, -0.15) is 0 Å². The van der Waals surface area contributed by atoms with E-state index in [1.807, 2.05) is 32.2 Å². The van der Waals surface area contributed by atoms with Crippen molar-refractivity contribution in [3.63, 3.8) is 0 Å². The van der Waals surface area contributed by atoms with E-state index in [-0.39, 0.29) is 5.91 Å². The van der Waals surface area contributed by atoms with Crippen molar-refractivity contribution >= 4 is 17.9 Å². The van der Waals surface area contributed by atoms with Crippen LogP contribution in [-0.4, -0.2) is 65.5 Å². The zero-order valence-corrected chi connectivity index (χ0v) is 19.3. The molecule has 2 aromatic carbocycles. The fourth-order valence-corrected chi connectivity index (χ4v) is 4.33. The number of nitrogens with zero attached hydrogens (tertiary/aromatic N) is 2. The van der Waals surface area contributed by atoms with Crippen LogP contribution in [0.3, 0.4) is 0 Å². The molecular weight excluding hydrogens is 416 g/mol. The lowest BCUT2D eigenvalue weighted by molar-refractivity contribution is 0.0778. The van der Waals surface area contributed by atoms with E-state index in [9.17, 15) is 14.7 Å². The molecular formula is C26H30N4O3. The summed E-state index contributed by atoms with van der Waals surface area (Å²) in [5.74, 6) is -0.163. The maximum Gasteiger partial charge on any atom is 0.255 e. The number of carbonyl (C=O) groups is 2. The quantitative estimate of drug-likeness (QED) is 0.462. The Labute approximate surface area is 194 Å². The number of amides is 1. The Morgan fingerprint density at radius 1 is 1.15 bits per heavy atom. The summed E-state index contributed by atoms with van der Waals surface area (Å²) in [6.45, 7) is 3.80. The maximum atomic E-state index is 12.8. The lowest BCUT2D eigenvalue weighted by Gasteiger charge is -2.23. The van der Waals surface area contributed by atoms with Gasteiger partial charge in [-0.15, -0.1) is 0 Å². The SMILES string of the molecule is Cc1cc(C(=O)N(C)CCN(C)Cc2ccccc2-c2ccc3c(c2)CC(O)N3)c(C=O)[nH]1. The zero-order valence-electron chi connectivity index (χ0n) is 19.3. The third kappa shape index (κ3) is 4.99. The number of aliphatic hydroxyl groups excluding tert-OH is 1. The molecule has 3 aromatic rings. The predicted octanol–water partition coefficient (Wildman–Crippen LogP) is 3.29. The summed E-state index contributed by atoms with van der Waals surface area (Å²) in [5.41, 5.74) is 7.13. The molecule has 4 rings (SSSR count). The van der Waals surface area contributed by atoms with Crippen molar-refractivity contribution in [1.29, 1.82) is 0 Å². The molecule has 1 aliphatic heterocycles. The smallest absolute Gasteiger partial charge is 0.255 e. The second-order valence-corrected chi connectivity index (χ2v) is 8.76. The minimum Gasteiger partial charge on any atom is -0.373 e. The van der Waals surface area contributed by atoms with Gasteiger partial charge in [0.1, 0.15) is 6.23 Å². The largest absolute Gasteiger partial charge is 0.373 e. The van der Waals surface area contributed by atoms with Crippen LogP contribution in [0.15, 0.2) is 48.5 Å². The van der Waals surface area contributed by atoms with Gasteiger partial charge in [-0.1, -0.05) is 30.3 Å². The Kier molecular flexibility index (Phi) is 6.62. The molecule has 2 heterocycles. The number of aromatic amines is 1. The lowest BCUT2D eigenvalue weighted by atomic mass is 9.97. The van der Waals surface area contributed by atoms with Crippen molar-refractivity contribution in [2.45, 2.75) is 26.1 Å². The third-order valence-corrected chi connectivity index (χ3v) is 6.10. The van der Waals surface area contributed by atoms with Crippen molar-refractivity contribution in [1.82, 2.24) is 14.8 Å². The molecule has 0 saturated heterocycles. The number of aromatic nitrogens is 1. The number of aldehydes is 1. The van der Waals surface area contributed by atoms with Gasteiger partial charge in [0.15, 0.2) is 6.29 Å². The highest BCUT2D eigenvalue weighted by atomic mass is 16.3. The number of rotatable bonds is 8. The molecule has 0 radical (unpaired) electrons. The third-order valence-electron chi connectivity index (χ3n) is 6.10. The second kappa shape index (κ2) is 9.60. The fraction of sp³-hybridized carbons (Fsp3) is 0.308. The number of carbonyl (C=O) groups excluding carboxylic acids is 2. The Bertz CT molecular complexity index is 1170. The van der Waals surface area contributed by atoms with E-state index in [0.717, 1.165) is 34.6 Å². The highest BCUT2D eigenvalue weighted by Crippen LogP contribution is 2.32. The van der Waals surface area contributed by atoms with Crippen LogP contribution < -0.4 is 5.32 Å². The number of benzene rings is 2. The summed E-state index contributed by atoms with van der Waals surface area (Å²) < 4.78 is 0. The van der Waals surface area contributed by atoms with Gasteiger partial charge in [0.05, 0.1) is 11.3 Å². The molecule has 0 spiro atoms. The first-order chi connectivity index (χ1) is 15.9. The topological polar surface area (TPSA) is 88.7 Å². The Morgan fingerprint density at radius 3 is 2.73 bits per heavy atom. The molecule has 0 saturated carbocycles. The molecule has 1 atom stereocenters. The molecule has 0 aliphatic carbocycles. The monoisotopic (exact) mass is 446 g/mol. The van der Waals surface area contributed by atoms with E-state index in [1.54, 1.807) is 18.0 Å². The van der Waals surface area contributed by atoms with Crippen LogP contribution in [-0.2, 0) is 13.0 Å². The number of hydrogen-bond acceptors (Lipinski definition) is 5. The predicted molar refractivity (Wildman–Crippen MR) is 129 cm³/mol.